The van der Waals surface area contributed by atoms with Gasteiger partial charge in [-0.15, -0.1) is 0 Å². The lowest BCUT2D eigenvalue weighted by Gasteiger charge is -2.25. The molecular formula is C28H25NO5. The third kappa shape index (κ3) is 4.66. The summed E-state index contributed by atoms with van der Waals surface area (Å²) in [5, 5.41) is 0. The Kier molecular flexibility index (Phi) is 6.68. The van der Waals surface area contributed by atoms with Crippen molar-refractivity contribution in [1.82, 2.24) is 4.90 Å². The van der Waals surface area contributed by atoms with Crippen LogP contribution in [0.4, 0.5) is 0 Å². The molecule has 1 aliphatic rings. The Hall–Kier alpha value is -4.06. The fraction of sp³-hybridized carbons (Fsp3) is 0.214. The van der Waals surface area contributed by atoms with Crippen molar-refractivity contribution in [2.45, 2.75) is 26.3 Å². The van der Waals surface area contributed by atoms with E-state index in [2.05, 4.69) is 0 Å². The summed E-state index contributed by atoms with van der Waals surface area (Å²) in [5.41, 5.74) is 2.95. The van der Waals surface area contributed by atoms with Crippen molar-refractivity contribution in [2.75, 3.05) is 6.61 Å². The lowest BCUT2D eigenvalue weighted by atomic mass is 10.0. The van der Waals surface area contributed by atoms with E-state index in [1.54, 1.807) is 36.4 Å². The van der Waals surface area contributed by atoms with Gasteiger partial charge in [0, 0.05) is 5.56 Å². The van der Waals surface area contributed by atoms with Crippen molar-refractivity contribution in [3.8, 4) is 11.1 Å². The molecule has 6 nitrogen and oxygen atoms in total. The molecule has 6 heteroatoms. The number of rotatable bonds is 8. The Balaban J connectivity index is 1.45. The Labute approximate surface area is 198 Å². The highest BCUT2D eigenvalue weighted by atomic mass is 16.5. The maximum Gasteiger partial charge on any atom is 0.329 e. The zero-order valence-electron chi connectivity index (χ0n) is 19.1. The second kappa shape index (κ2) is 9.83. The number of benzene rings is 3. The predicted molar refractivity (Wildman–Crippen MR) is 127 cm³/mol. The fourth-order valence-corrected chi connectivity index (χ4v) is 4.04. The van der Waals surface area contributed by atoms with E-state index in [0.717, 1.165) is 16.0 Å². The largest absolute Gasteiger partial charge is 0.456 e. The van der Waals surface area contributed by atoms with E-state index in [4.69, 9.17) is 4.74 Å². The van der Waals surface area contributed by atoms with Crippen LogP contribution in [0.15, 0.2) is 78.9 Å². The number of hydrogen-bond donors (Lipinski definition) is 0. The number of amides is 2. The molecule has 3 aromatic carbocycles. The average molecular weight is 456 g/mol. The molecule has 34 heavy (non-hydrogen) atoms. The van der Waals surface area contributed by atoms with Crippen molar-refractivity contribution in [2.24, 2.45) is 5.92 Å². The molecule has 0 fully saturated rings. The minimum Gasteiger partial charge on any atom is -0.456 e. The summed E-state index contributed by atoms with van der Waals surface area (Å²) >= 11 is 0. The number of ether oxygens (including phenoxy) is 1. The van der Waals surface area contributed by atoms with Crippen molar-refractivity contribution in [3.63, 3.8) is 0 Å². The van der Waals surface area contributed by atoms with Gasteiger partial charge in [0.05, 0.1) is 11.1 Å². The van der Waals surface area contributed by atoms with Gasteiger partial charge in [-0.3, -0.25) is 19.3 Å². The van der Waals surface area contributed by atoms with Crippen LogP contribution in [0.5, 0.6) is 0 Å². The summed E-state index contributed by atoms with van der Waals surface area (Å²) in [5.74, 6) is -2.16. The summed E-state index contributed by atoms with van der Waals surface area (Å²) in [6.45, 7) is 3.30. The van der Waals surface area contributed by atoms with Crippen molar-refractivity contribution < 1.29 is 23.9 Å². The van der Waals surface area contributed by atoms with Crippen LogP contribution < -0.4 is 0 Å². The monoisotopic (exact) mass is 455 g/mol. The number of imide groups is 1. The van der Waals surface area contributed by atoms with Crippen LogP contribution in [-0.2, 0) is 9.53 Å². The summed E-state index contributed by atoms with van der Waals surface area (Å²) in [6.07, 6.45) is 0.240. The van der Waals surface area contributed by atoms with Crippen LogP contribution in [0.25, 0.3) is 11.1 Å². The van der Waals surface area contributed by atoms with Gasteiger partial charge in [0.1, 0.15) is 6.04 Å². The van der Waals surface area contributed by atoms with E-state index in [-0.39, 0.29) is 29.2 Å². The van der Waals surface area contributed by atoms with Gasteiger partial charge in [0.25, 0.3) is 11.8 Å². The van der Waals surface area contributed by atoms with E-state index < -0.39 is 30.4 Å². The van der Waals surface area contributed by atoms with Crippen LogP contribution >= 0.6 is 0 Å². The number of fused-ring (bicyclic) bond motifs is 1. The first-order chi connectivity index (χ1) is 16.4. The lowest BCUT2D eigenvalue weighted by molar-refractivity contribution is -0.147. The first kappa shape index (κ1) is 23.1. The van der Waals surface area contributed by atoms with Gasteiger partial charge in [-0.2, -0.15) is 0 Å². The van der Waals surface area contributed by atoms with Gasteiger partial charge in [-0.05, 0) is 35.6 Å². The van der Waals surface area contributed by atoms with Crippen molar-refractivity contribution >= 4 is 23.6 Å². The van der Waals surface area contributed by atoms with Crippen molar-refractivity contribution in [1.29, 1.82) is 0 Å². The Morgan fingerprint density at radius 2 is 1.29 bits per heavy atom. The SMILES string of the molecule is CC(C)C[C@@H](C(=O)OCC(=O)c1ccc(-c2ccccc2)cc1)N1C(=O)c2ccccc2C1=O. The standard InChI is InChI=1S/C28H25NO5/c1-18(2)16-24(29-26(31)22-10-6-7-11-23(22)27(29)32)28(33)34-17-25(30)21-14-12-20(13-15-21)19-8-4-3-5-9-19/h3-15,18,24H,16-17H2,1-2H3/t24-/m0/s1. The molecular weight excluding hydrogens is 430 g/mol. The molecule has 0 aromatic heterocycles. The second-order valence-corrected chi connectivity index (χ2v) is 8.65. The summed E-state index contributed by atoms with van der Waals surface area (Å²) in [7, 11) is 0. The molecule has 0 bridgehead atoms. The van der Waals surface area contributed by atoms with Gasteiger partial charge in [0.2, 0.25) is 0 Å². The smallest absolute Gasteiger partial charge is 0.329 e. The second-order valence-electron chi connectivity index (χ2n) is 8.65. The number of carbonyl (C=O) groups excluding carboxylic acids is 4. The molecule has 1 heterocycles. The van der Waals surface area contributed by atoms with Crippen LogP contribution in [0.1, 0.15) is 51.3 Å². The van der Waals surface area contributed by atoms with Crippen LogP contribution in [0.2, 0.25) is 0 Å². The summed E-state index contributed by atoms with van der Waals surface area (Å²) in [6, 6.07) is 22.2. The Morgan fingerprint density at radius 3 is 1.85 bits per heavy atom. The highest BCUT2D eigenvalue weighted by Gasteiger charge is 2.43. The number of nitrogens with zero attached hydrogens (tertiary/aromatic N) is 1. The Bertz CT molecular complexity index is 1200. The van der Waals surface area contributed by atoms with Crippen LogP contribution in [0, 0.1) is 5.92 Å². The Morgan fingerprint density at radius 1 is 0.765 bits per heavy atom. The van der Waals surface area contributed by atoms with E-state index in [9.17, 15) is 19.2 Å². The molecule has 0 radical (unpaired) electrons. The number of esters is 1. The number of carbonyl (C=O) groups is 4. The summed E-state index contributed by atoms with van der Waals surface area (Å²) < 4.78 is 5.31. The molecule has 2 amide bonds. The zero-order chi connectivity index (χ0) is 24.2. The van der Waals surface area contributed by atoms with Gasteiger partial charge in [0.15, 0.2) is 12.4 Å². The van der Waals surface area contributed by atoms with Crippen LogP contribution in [-0.4, -0.2) is 41.1 Å². The molecule has 0 N–H and O–H groups in total. The number of hydrogen-bond acceptors (Lipinski definition) is 5. The maximum atomic E-state index is 13.0. The van der Waals surface area contributed by atoms with Gasteiger partial charge in [-0.1, -0.05) is 80.6 Å². The predicted octanol–water partition coefficient (Wildman–Crippen LogP) is 4.79. The molecule has 0 saturated carbocycles. The molecule has 1 atom stereocenters. The lowest BCUT2D eigenvalue weighted by Crippen LogP contribution is -2.46. The van der Waals surface area contributed by atoms with Gasteiger partial charge >= 0.3 is 5.97 Å². The zero-order valence-corrected chi connectivity index (χ0v) is 19.1. The first-order valence-corrected chi connectivity index (χ1v) is 11.2. The minimum atomic E-state index is -1.10. The molecule has 172 valence electrons. The number of Topliss-reactive ketones (excluding diaryl/α,β-unsaturated/α-hetero) is 1. The van der Waals surface area contributed by atoms with Crippen molar-refractivity contribution in [3.05, 3.63) is 95.6 Å². The highest BCUT2D eigenvalue weighted by molar-refractivity contribution is 6.22. The fourth-order valence-electron chi connectivity index (χ4n) is 4.04. The van der Waals surface area contributed by atoms with Gasteiger partial charge < -0.3 is 4.74 Å². The van der Waals surface area contributed by atoms with Crippen LogP contribution in [0.3, 0.4) is 0 Å². The first-order valence-electron chi connectivity index (χ1n) is 11.2. The third-order valence-electron chi connectivity index (χ3n) is 5.76. The van der Waals surface area contributed by atoms with E-state index in [0.29, 0.717) is 5.56 Å². The molecule has 3 aromatic rings. The molecule has 1 aliphatic heterocycles. The molecule has 4 rings (SSSR count). The third-order valence-corrected chi connectivity index (χ3v) is 5.76. The molecule has 0 aliphatic carbocycles. The summed E-state index contributed by atoms with van der Waals surface area (Å²) in [4.78, 5) is 52.3. The molecule has 0 spiro atoms. The molecule has 0 saturated heterocycles. The van der Waals surface area contributed by atoms with Gasteiger partial charge in [-0.25, -0.2) is 4.79 Å². The maximum absolute atomic E-state index is 13.0. The minimum absolute atomic E-state index is 0.0168. The average Bonchev–Trinajstić information content (AvgIpc) is 3.11. The van der Waals surface area contributed by atoms with E-state index >= 15 is 0 Å². The quantitative estimate of drug-likeness (QED) is 0.277. The molecule has 0 unspecified atom stereocenters. The topological polar surface area (TPSA) is 80.8 Å². The number of ketones is 1. The van der Waals surface area contributed by atoms with E-state index in [1.807, 2.05) is 56.3 Å². The normalized spacial score (nSPS) is 13.7. The highest BCUT2D eigenvalue weighted by Crippen LogP contribution is 2.27. The van der Waals surface area contributed by atoms with E-state index in [1.165, 1.54) is 0 Å².